The summed E-state index contributed by atoms with van der Waals surface area (Å²) in [4.78, 5) is 11.0. The van der Waals surface area contributed by atoms with E-state index in [4.69, 9.17) is 5.11 Å². The van der Waals surface area contributed by atoms with Crippen molar-refractivity contribution in [2.45, 2.75) is 19.4 Å². The van der Waals surface area contributed by atoms with Crippen LogP contribution < -0.4 is 5.32 Å². The molecule has 0 aromatic carbocycles. The third-order valence-electron chi connectivity index (χ3n) is 3.36. The molecule has 1 aromatic rings. The molecule has 0 aliphatic carbocycles. The first-order valence-corrected chi connectivity index (χ1v) is 7.36. The van der Waals surface area contributed by atoms with E-state index in [9.17, 15) is 4.79 Å². The minimum Gasteiger partial charge on any atom is -0.478 e. The summed E-state index contributed by atoms with van der Waals surface area (Å²) >= 11 is 2.02. The summed E-state index contributed by atoms with van der Waals surface area (Å²) in [5.74, 6) is 2.32. The van der Waals surface area contributed by atoms with E-state index in [1.165, 1.54) is 30.5 Å². The zero-order valence-corrected chi connectivity index (χ0v) is 11.4. The smallest absolute Gasteiger partial charge is 0.339 e. The molecule has 0 bridgehead atoms. The Hall–Kier alpha value is -1.01. The largest absolute Gasteiger partial charge is 0.478 e. The van der Waals surface area contributed by atoms with Crippen LogP contribution in [0, 0.1) is 5.92 Å². The van der Waals surface area contributed by atoms with E-state index in [2.05, 4.69) is 10.4 Å². The Kier molecular flexibility index (Phi) is 4.66. The molecule has 1 aliphatic heterocycles. The number of nitrogens with zero attached hydrogens (tertiary/aromatic N) is 2. The topological polar surface area (TPSA) is 67.2 Å². The van der Waals surface area contributed by atoms with E-state index < -0.39 is 5.97 Å². The van der Waals surface area contributed by atoms with Gasteiger partial charge in [-0.05, 0) is 36.8 Å². The lowest BCUT2D eigenvalue weighted by Gasteiger charge is -2.21. The number of hydrogen-bond acceptors (Lipinski definition) is 4. The van der Waals surface area contributed by atoms with Gasteiger partial charge in [-0.3, -0.25) is 4.68 Å². The van der Waals surface area contributed by atoms with Crippen molar-refractivity contribution in [2.24, 2.45) is 13.0 Å². The molecule has 1 aromatic heterocycles. The van der Waals surface area contributed by atoms with Crippen LogP contribution >= 0.6 is 11.8 Å². The molecule has 2 rings (SSSR count). The summed E-state index contributed by atoms with van der Waals surface area (Å²) in [6.07, 6.45) is 3.93. The van der Waals surface area contributed by atoms with E-state index in [0.29, 0.717) is 12.1 Å². The van der Waals surface area contributed by atoms with Crippen LogP contribution in [0.1, 0.15) is 28.9 Å². The predicted octanol–water partition coefficient (Wildman–Crippen LogP) is 1.35. The summed E-state index contributed by atoms with van der Waals surface area (Å²) in [6, 6.07) is 0. The number of hydrogen-bond donors (Lipinski definition) is 2. The summed E-state index contributed by atoms with van der Waals surface area (Å²) < 4.78 is 1.63. The zero-order valence-electron chi connectivity index (χ0n) is 10.6. The highest BCUT2D eigenvalue weighted by Gasteiger charge is 2.16. The number of rotatable bonds is 5. The zero-order chi connectivity index (χ0) is 13.0. The quantitative estimate of drug-likeness (QED) is 0.844. The van der Waals surface area contributed by atoms with Gasteiger partial charge in [0.1, 0.15) is 5.56 Å². The lowest BCUT2D eigenvalue weighted by molar-refractivity contribution is 0.0695. The Balaban J connectivity index is 1.85. The fourth-order valence-electron chi connectivity index (χ4n) is 2.20. The van der Waals surface area contributed by atoms with Crippen LogP contribution in [0.15, 0.2) is 6.20 Å². The Labute approximate surface area is 111 Å². The first-order chi connectivity index (χ1) is 8.68. The molecule has 0 radical (unpaired) electrons. The van der Waals surface area contributed by atoms with Crippen molar-refractivity contribution in [3.8, 4) is 0 Å². The van der Waals surface area contributed by atoms with Gasteiger partial charge in [0.25, 0.3) is 0 Å². The second kappa shape index (κ2) is 6.24. The fourth-order valence-corrected chi connectivity index (χ4v) is 3.40. The number of aryl methyl sites for hydroxylation is 1. The van der Waals surface area contributed by atoms with Crippen LogP contribution in [0.3, 0.4) is 0 Å². The van der Waals surface area contributed by atoms with Crippen LogP contribution in [0.25, 0.3) is 0 Å². The van der Waals surface area contributed by atoms with Crippen molar-refractivity contribution in [2.75, 3.05) is 18.1 Å². The molecule has 18 heavy (non-hydrogen) atoms. The average Bonchev–Trinajstić information content (AvgIpc) is 2.73. The van der Waals surface area contributed by atoms with Gasteiger partial charge in [-0.25, -0.2) is 4.79 Å². The SMILES string of the molecule is Cn1ncc(C(=O)O)c1CNCC1CCSCC1. The van der Waals surface area contributed by atoms with Crippen molar-refractivity contribution in [1.82, 2.24) is 15.1 Å². The number of nitrogens with one attached hydrogen (secondary N) is 1. The number of aromatic nitrogens is 2. The van der Waals surface area contributed by atoms with E-state index in [-0.39, 0.29) is 0 Å². The molecule has 6 heteroatoms. The number of carbonyl (C=O) groups is 1. The molecule has 1 saturated heterocycles. The Bertz CT molecular complexity index is 413. The van der Waals surface area contributed by atoms with Gasteiger partial charge in [0, 0.05) is 13.6 Å². The maximum Gasteiger partial charge on any atom is 0.339 e. The van der Waals surface area contributed by atoms with E-state index >= 15 is 0 Å². The van der Waals surface area contributed by atoms with Crippen LogP contribution in [0.4, 0.5) is 0 Å². The molecule has 1 aliphatic rings. The van der Waals surface area contributed by atoms with Gasteiger partial charge < -0.3 is 10.4 Å². The Morgan fingerprint density at radius 2 is 2.33 bits per heavy atom. The lowest BCUT2D eigenvalue weighted by atomic mass is 10.0. The highest BCUT2D eigenvalue weighted by atomic mass is 32.2. The molecule has 0 atom stereocenters. The van der Waals surface area contributed by atoms with Crippen molar-refractivity contribution in [3.63, 3.8) is 0 Å². The normalized spacial score (nSPS) is 16.9. The van der Waals surface area contributed by atoms with E-state index in [0.717, 1.165) is 18.2 Å². The van der Waals surface area contributed by atoms with Gasteiger partial charge in [0.05, 0.1) is 11.9 Å². The summed E-state index contributed by atoms with van der Waals surface area (Å²) in [6.45, 7) is 1.53. The molecule has 1 fully saturated rings. The van der Waals surface area contributed by atoms with Crippen molar-refractivity contribution >= 4 is 17.7 Å². The maximum atomic E-state index is 11.0. The first kappa shape index (κ1) is 13.4. The van der Waals surface area contributed by atoms with Gasteiger partial charge >= 0.3 is 5.97 Å². The molecule has 0 amide bonds. The first-order valence-electron chi connectivity index (χ1n) is 6.21. The fraction of sp³-hybridized carbons (Fsp3) is 0.667. The van der Waals surface area contributed by atoms with Crippen molar-refractivity contribution < 1.29 is 9.90 Å². The third kappa shape index (κ3) is 3.26. The molecule has 2 N–H and O–H groups in total. The Morgan fingerprint density at radius 3 is 3.00 bits per heavy atom. The number of carboxylic acids is 1. The molecular weight excluding hydrogens is 250 g/mol. The van der Waals surface area contributed by atoms with E-state index in [1.807, 2.05) is 11.8 Å². The minimum atomic E-state index is -0.908. The molecule has 0 saturated carbocycles. The van der Waals surface area contributed by atoms with Crippen LogP contribution in [-0.2, 0) is 13.6 Å². The molecular formula is C12H19N3O2S. The van der Waals surface area contributed by atoms with Gasteiger partial charge in [-0.2, -0.15) is 16.9 Å². The third-order valence-corrected chi connectivity index (χ3v) is 4.41. The highest BCUT2D eigenvalue weighted by molar-refractivity contribution is 7.99. The lowest BCUT2D eigenvalue weighted by Crippen LogP contribution is -2.26. The van der Waals surface area contributed by atoms with Crippen molar-refractivity contribution in [3.05, 3.63) is 17.5 Å². The van der Waals surface area contributed by atoms with Gasteiger partial charge in [-0.1, -0.05) is 0 Å². The summed E-state index contributed by atoms with van der Waals surface area (Å²) in [5, 5.41) is 16.4. The second-order valence-corrected chi connectivity index (χ2v) is 5.85. The second-order valence-electron chi connectivity index (χ2n) is 4.62. The predicted molar refractivity (Wildman–Crippen MR) is 71.9 cm³/mol. The van der Waals surface area contributed by atoms with Gasteiger partial charge in [-0.15, -0.1) is 0 Å². The van der Waals surface area contributed by atoms with Crippen molar-refractivity contribution in [1.29, 1.82) is 0 Å². The number of aromatic carboxylic acids is 1. The monoisotopic (exact) mass is 269 g/mol. The van der Waals surface area contributed by atoms with E-state index in [1.54, 1.807) is 11.7 Å². The van der Waals surface area contributed by atoms with Crippen LogP contribution in [-0.4, -0.2) is 38.9 Å². The highest BCUT2D eigenvalue weighted by Crippen LogP contribution is 2.22. The maximum absolute atomic E-state index is 11.0. The molecule has 0 unspecified atom stereocenters. The van der Waals surface area contributed by atoms with Gasteiger partial charge in [0.15, 0.2) is 0 Å². The Morgan fingerprint density at radius 1 is 1.61 bits per heavy atom. The minimum absolute atomic E-state index is 0.296. The number of carboxylic acid groups (broad SMARTS) is 1. The molecule has 0 spiro atoms. The van der Waals surface area contributed by atoms with Gasteiger partial charge in [0.2, 0.25) is 0 Å². The molecule has 2 heterocycles. The molecule has 5 nitrogen and oxygen atoms in total. The summed E-state index contributed by atoms with van der Waals surface area (Å²) in [5.41, 5.74) is 1.04. The average molecular weight is 269 g/mol. The molecule has 100 valence electrons. The summed E-state index contributed by atoms with van der Waals surface area (Å²) in [7, 11) is 1.78. The number of thioether (sulfide) groups is 1. The van der Waals surface area contributed by atoms with Crippen LogP contribution in [0.5, 0.6) is 0 Å². The van der Waals surface area contributed by atoms with Crippen LogP contribution in [0.2, 0.25) is 0 Å². The standard InChI is InChI=1S/C12H19N3O2S/c1-15-11(10(7-14-15)12(16)17)8-13-6-9-2-4-18-5-3-9/h7,9,13H,2-6,8H2,1H3,(H,16,17).